The first kappa shape index (κ1) is 19.4. The van der Waals surface area contributed by atoms with E-state index >= 15 is 0 Å². The van der Waals surface area contributed by atoms with Crippen molar-refractivity contribution in [3.63, 3.8) is 0 Å². The largest absolute Gasteiger partial charge is 0.497 e. The third-order valence-corrected chi connectivity index (χ3v) is 4.32. The number of aromatic nitrogens is 2. The van der Waals surface area contributed by atoms with Gasteiger partial charge in [0.05, 0.1) is 31.2 Å². The van der Waals surface area contributed by atoms with Gasteiger partial charge in [0, 0.05) is 18.7 Å². The van der Waals surface area contributed by atoms with Crippen LogP contribution in [0, 0.1) is 0 Å². The number of rotatable bonds is 8. The molecule has 1 aromatic heterocycles. The zero-order valence-corrected chi connectivity index (χ0v) is 15.7. The highest BCUT2D eigenvalue weighted by Crippen LogP contribution is 2.25. The van der Waals surface area contributed by atoms with Crippen LogP contribution in [0.25, 0.3) is 17.3 Å². The second kappa shape index (κ2) is 9.53. The molecule has 0 aliphatic carbocycles. The number of nitrogens with one attached hydrogen (secondary N) is 1. The summed E-state index contributed by atoms with van der Waals surface area (Å²) in [6, 6.07) is 17.3. The molecule has 6 nitrogen and oxygen atoms in total. The quantitative estimate of drug-likeness (QED) is 0.632. The number of aliphatic hydroxyl groups excluding tert-OH is 1. The Hall–Kier alpha value is -3.38. The topological polar surface area (TPSA) is 78.5 Å². The van der Waals surface area contributed by atoms with Gasteiger partial charge in [-0.25, -0.2) is 0 Å². The fraction of sp³-hybridized carbons (Fsp3) is 0.182. The van der Waals surface area contributed by atoms with Crippen LogP contribution in [0.1, 0.15) is 15.9 Å². The predicted octanol–water partition coefficient (Wildman–Crippen LogP) is 3.23. The SMILES string of the molecule is COc1cccc(-c2[nH]ncc2C(=O)N(C/C=C/c2ccccc2)CCO)c1. The molecule has 0 saturated heterocycles. The van der Waals surface area contributed by atoms with Crippen molar-refractivity contribution in [2.24, 2.45) is 0 Å². The summed E-state index contributed by atoms with van der Waals surface area (Å²) < 4.78 is 5.26. The molecule has 28 heavy (non-hydrogen) atoms. The smallest absolute Gasteiger partial charge is 0.258 e. The first-order chi connectivity index (χ1) is 13.7. The Balaban J connectivity index is 1.80. The van der Waals surface area contributed by atoms with Gasteiger partial charge in [-0.15, -0.1) is 0 Å². The number of hydrogen-bond acceptors (Lipinski definition) is 4. The van der Waals surface area contributed by atoms with E-state index in [4.69, 9.17) is 4.74 Å². The van der Waals surface area contributed by atoms with Gasteiger partial charge in [0.1, 0.15) is 5.75 Å². The highest BCUT2D eigenvalue weighted by Gasteiger charge is 2.20. The number of carbonyl (C=O) groups is 1. The molecule has 1 amide bonds. The third-order valence-electron chi connectivity index (χ3n) is 4.32. The fourth-order valence-electron chi connectivity index (χ4n) is 2.89. The van der Waals surface area contributed by atoms with Gasteiger partial charge in [0.25, 0.3) is 5.91 Å². The van der Waals surface area contributed by atoms with E-state index in [2.05, 4.69) is 10.2 Å². The van der Waals surface area contributed by atoms with Crippen LogP contribution in [0.15, 0.2) is 66.9 Å². The Morgan fingerprint density at radius 1 is 1.21 bits per heavy atom. The minimum absolute atomic E-state index is 0.114. The van der Waals surface area contributed by atoms with Crippen molar-refractivity contribution in [3.8, 4) is 17.0 Å². The second-order valence-electron chi connectivity index (χ2n) is 6.18. The van der Waals surface area contributed by atoms with Crippen molar-refractivity contribution in [3.05, 3.63) is 78.0 Å². The number of ether oxygens (including phenoxy) is 1. The summed E-state index contributed by atoms with van der Waals surface area (Å²) in [5.74, 6) is 0.502. The number of carbonyl (C=O) groups excluding carboxylic acids is 1. The first-order valence-corrected chi connectivity index (χ1v) is 9.02. The van der Waals surface area contributed by atoms with Crippen molar-refractivity contribution >= 4 is 12.0 Å². The molecule has 0 aliphatic heterocycles. The number of aliphatic hydroxyl groups is 1. The number of methoxy groups -OCH3 is 1. The Kier molecular flexibility index (Phi) is 6.59. The maximum Gasteiger partial charge on any atom is 0.258 e. The number of benzene rings is 2. The minimum atomic E-state index is -0.196. The predicted molar refractivity (Wildman–Crippen MR) is 109 cm³/mol. The summed E-state index contributed by atoms with van der Waals surface area (Å²) in [5, 5.41) is 16.3. The summed E-state index contributed by atoms with van der Waals surface area (Å²) in [5.41, 5.74) is 2.94. The maximum absolute atomic E-state index is 13.1. The normalized spacial score (nSPS) is 10.9. The molecule has 0 fully saturated rings. The van der Waals surface area contributed by atoms with E-state index in [9.17, 15) is 9.90 Å². The number of amides is 1. The van der Waals surface area contributed by atoms with E-state index in [1.165, 1.54) is 6.20 Å². The highest BCUT2D eigenvalue weighted by molar-refractivity contribution is 6.00. The molecule has 1 heterocycles. The third kappa shape index (κ3) is 4.66. The van der Waals surface area contributed by atoms with Crippen LogP contribution in [-0.4, -0.2) is 52.9 Å². The van der Waals surface area contributed by atoms with Gasteiger partial charge in [-0.1, -0.05) is 54.6 Å². The van der Waals surface area contributed by atoms with Gasteiger partial charge in [0.2, 0.25) is 0 Å². The van der Waals surface area contributed by atoms with Crippen LogP contribution in [0.2, 0.25) is 0 Å². The van der Waals surface area contributed by atoms with E-state index in [0.717, 1.165) is 11.1 Å². The van der Waals surface area contributed by atoms with E-state index in [0.29, 0.717) is 23.6 Å². The fourth-order valence-corrected chi connectivity index (χ4v) is 2.89. The van der Waals surface area contributed by atoms with Crippen LogP contribution in [0.3, 0.4) is 0 Å². The monoisotopic (exact) mass is 377 g/mol. The van der Waals surface area contributed by atoms with Gasteiger partial charge in [0.15, 0.2) is 0 Å². The molecular formula is C22H23N3O3. The molecule has 6 heteroatoms. The van der Waals surface area contributed by atoms with Crippen molar-refractivity contribution in [2.75, 3.05) is 26.8 Å². The summed E-state index contributed by atoms with van der Waals surface area (Å²) in [4.78, 5) is 14.7. The maximum atomic E-state index is 13.1. The molecule has 3 rings (SSSR count). The van der Waals surface area contributed by atoms with E-state index in [1.54, 1.807) is 12.0 Å². The van der Waals surface area contributed by atoms with Crippen LogP contribution in [-0.2, 0) is 0 Å². The molecule has 0 bridgehead atoms. The lowest BCUT2D eigenvalue weighted by Crippen LogP contribution is -2.33. The Labute approximate surface area is 164 Å². The van der Waals surface area contributed by atoms with E-state index in [1.807, 2.05) is 66.7 Å². The summed E-state index contributed by atoms with van der Waals surface area (Å²) in [7, 11) is 1.60. The molecule has 0 aliphatic rings. The molecule has 3 aromatic rings. The standard InChI is InChI=1S/C22H23N3O3/c1-28-19-11-5-10-18(15-19)21-20(16-23-24-21)22(27)25(13-14-26)12-6-9-17-7-3-2-4-8-17/h2-11,15-16,26H,12-14H2,1H3,(H,23,24)/b9-6+. The number of hydrogen-bond donors (Lipinski definition) is 2. The Morgan fingerprint density at radius 3 is 2.79 bits per heavy atom. The second-order valence-corrected chi connectivity index (χ2v) is 6.18. The molecule has 144 valence electrons. The minimum Gasteiger partial charge on any atom is -0.497 e. The molecule has 2 aromatic carbocycles. The molecule has 0 radical (unpaired) electrons. The zero-order valence-electron chi connectivity index (χ0n) is 15.7. The highest BCUT2D eigenvalue weighted by atomic mass is 16.5. The zero-order chi connectivity index (χ0) is 19.8. The van der Waals surface area contributed by atoms with Crippen LogP contribution < -0.4 is 4.74 Å². The van der Waals surface area contributed by atoms with Gasteiger partial charge in [-0.05, 0) is 17.7 Å². The summed E-state index contributed by atoms with van der Waals surface area (Å²) in [6.45, 7) is 0.509. The van der Waals surface area contributed by atoms with Crippen LogP contribution >= 0.6 is 0 Å². The molecular weight excluding hydrogens is 354 g/mol. The lowest BCUT2D eigenvalue weighted by molar-refractivity contribution is 0.0744. The van der Waals surface area contributed by atoms with E-state index in [-0.39, 0.29) is 19.1 Å². The number of aromatic amines is 1. The molecule has 0 spiro atoms. The van der Waals surface area contributed by atoms with Crippen molar-refractivity contribution in [1.82, 2.24) is 15.1 Å². The number of nitrogens with zero attached hydrogens (tertiary/aromatic N) is 2. The van der Waals surface area contributed by atoms with Crippen molar-refractivity contribution in [2.45, 2.75) is 0 Å². The Morgan fingerprint density at radius 2 is 2.04 bits per heavy atom. The van der Waals surface area contributed by atoms with Crippen molar-refractivity contribution in [1.29, 1.82) is 0 Å². The van der Waals surface area contributed by atoms with E-state index < -0.39 is 0 Å². The van der Waals surface area contributed by atoms with Gasteiger partial charge < -0.3 is 14.7 Å². The molecule has 0 saturated carbocycles. The molecule has 2 N–H and O–H groups in total. The molecule has 0 atom stereocenters. The lowest BCUT2D eigenvalue weighted by atomic mass is 10.1. The molecule has 0 unspecified atom stereocenters. The lowest BCUT2D eigenvalue weighted by Gasteiger charge is -2.20. The van der Waals surface area contributed by atoms with Crippen LogP contribution in [0.4, 0.5) is 0 Å². The summed E-state index contributed by atoms with van der Waals surface area (Å²) >= 11 is 0. The summed E-state index contributed by atoms with van der Waals surface area (Å²) in [6.07, 6.45) is 5.38. The van der Waals surface area contributed by atoms with Gasteiger partial charge in [-0.2, -0.15) is 5.10 Å². The van der Waals surface area contributed by atoms with Gasteiger partial charge in [-0.3, -0.25) is 9.89 Å². The number of H-pyrrole nitrogens is 1. The van der Waals surface area contributed by atoms with Crippen LogP contribution in [0.5, 0.6) is 5.75 Å². The average Bonchev–Trinajstić information content (AvgIpc) is 3.23. The first-order valence-electron chi connectivity index (χ1n) is 9.02. The average molecular weight is 377 g/mol. The van der Waals surface area contributed by atoms with Gasteiger partial charge >= 0.3 is 0 Å². The van der Waals surface area contributed by atoms with Crippen molar-refractivity contribution < 1.29 is 14.6 Å². The Bertz CT molecular complexity index is 935.